The fourth-order valence-corrected chi connectivity index (χ4v) is 3.86. The highest BCUT2D eigenvalue weighted by molar-refractivity contribution is 6.26. The summed E-state index contributed by atoms with van der Waals surface area (Å²) in [6, 6.07) is 21.5. The van der Waals surface area contributed by atoms with Crippen LogP contribution in [-0.2, 0) is 0 Å². The maximum absolute atomic E-state index is 2.47. The van der Waals surface area contributed by atoms with Gasteiger partial charge in [-0.3, -0.25) is 0 Å². The van der Waals surface area contributed by atoms with Gasteiger partial charge in [-0.2, -0.15) is 0 Å². The number of nitrogens with zero attached hydrogens (tertiary/aromatic N) is 1. The van der Waals surface area contributed by atoms with Gasteiger partial charge in [0.1, 0.15) is 0 Å². The molecule has 0 unspecified atom stereocenters. The van der Waals surface area contributed by atoms with E-state index in [1.807, 2.05) is 0 Å². The highest BCUT2D eigenvalue weighted by atomic mass is 28.1. The van der Waals surface area contributed by atoms with E-state index in [1.54, 1.807) is 0 Å². The van der Waals surface area contributed by atoms with Crippen molar-refractivity contribution >= 4 is 15.8 Å². The summed E-state index contributed by atoms with van der Waals surface area (Å²) in [5.74, 6) is 0. The largest absolute Gasteiger partial charge is 0.379 e. The molecule has 0 spiro atoms. The lowest BCUT2D eigenvalue weighted by Gasteiger charge is -2.26. The summed E-state index contributed by atoms with van der Waals surface area (Å²) >= 11 is 0. The minimum Gasteiger partial charge on any atom is -0.379 e. The second-order valence-electron chi connectivity index (χ2n) is 4.86. The van der Waals surface area contributed by atoms with Gasteiger partial charge in [-0.15, -0.1) is 0 Å². The van der Waals surface area contributed by atoms with E-state index in [4.69, 9.17) is 0 Å². The van der Waals surface area contributed by atoms with Gasteiger partial charge in [0, 0.05) is 18.7 Å². The molecular weight excluding hydrogens is 258 g/mol. The predicted molar refractivity (Wildman–Crippen MR) is 91.8 cm³/mol. The Balaban J connectivity index is 2.59. The molecule has 20 heavy (non-hydrogen) atoms. The van der Waals surface area contributed by atoms with Gasteiger partial charge in [0.15, 0.2) is 0 Å². The SMILES string of the molecule is CCN(CC)C([SiH3])=C(c1ccccc1)c1ccccc1. The average Bonchev–Trinajstić information content (AvgIpc) is 2.51. The first-order valence-corrected chi connectivity index (χ1v) is 8.34. The van der Waals surface area contributed by atoms with E-state index in [9.17, 15) is 0 Å². The molecule has 2 rings (SSSR count). The van der Waals surface area contributed by atoms with Gasteiger partial charge in [-0.1, -0.05) is 60.7 Å². The molecule has 0 saturated heterocycles. The number of rotatable bonds is 5. The van der Waals surface area contributed by atoms with Crippen LogP contribution in [0.5, 0.6) is 0 Å². The zero-order valence-electron chi connectivity index (χ0n) is 12.6. The zero-order valence-corrected chi connectivity index (χ0v) is 14.6. The van der Waals surface area contributed by atoms with Gasteiger partial charge in [-0.05, 0) is 30.3 Å². The Labute approximate surface area is 125 Å². The topological polar surface area (TPSA) is 3.24 Å². The van der Waals surface area contributed by atoms with Gasteiger partial charge in [0.2, 0.25) is 0 Å². The minimum absolute atomic E-state index is 1.05. The number of hydrogen-bond donors (Lipinski definition) is 0. The Hall–Kier alpha value is -1.80. The van der Waals surface area contributed by atoms with Crippen LogP contribution in [0.1, 0.15) is 25.0 Å². The predicted octanol–water partition coefficient (Wildman–Crippen LogP) is 3.11. The van der Waals surface area contributed by atoms with Gasteiger partial charge in [0.05, 0.1) is 10.2 Å². The van der Waals surface area contributed by atoms with Crippen LogP contribution >= 0.6 is 0 Å². The first-order chi connectivity index (χ1) is 9.77. The maximum Gasteiger partial charge on any atom is 0.0599 e. The summed E-state index contributed by atoms with van der Waals surface area (Å²) in [5.41, 5.74) is 4.02. The Bertz CT molecular complexity index is 515. The van der Waals surface area contributed by atoms with Crippen molar-refractivity contribution in [3.63, 3.8) is 0 Å². The van der Waals surface area contributed by atoms with Crippen molar-refractivity contribution in [2.45, 2.75) is 13.8 Å². The van der Waals surface area contributed by atoms with Crippen molar-refractivity contribution in [2.75, 3.05) is 13.1 Å². The van der Waals surface area contributed by atoms with Crippen molar-refractivity contribution < 1.29 is 0 Å². The van der Waals surface area contributed by atoms with Crippen molar-refractivity contribution in [3.05, 3.63) is 77.1 Å². The lowest BCUT2D eigenvalue weighted by molar-refractivity contribution is 0.408. The molecule has 2 aromatic rings. The second kappa shape index (κ2) is 7.11. The van der Waals surface area contributed by atoms with E-state index in [1.165, 1.54) is 22.0 Å². The quantitative estimate of drug-likeness (QED) is 0.761. The van der Waals surface area contributed by atoms with Crippen molar-refractivity contribution in [1.82, 2.24) is 4.90 Å². The Morgan fingerprint density at radius 1 is 0.800 bits per heavy atom. The molecule has 0 N–H and O–H groups in total. The van der Waals surface area contributed by atoms with E-state index in [0.29, 0.717) is 0 Å². The molecule has 0 atom stereocenters. The average molecular weight is 281 g/mol. The fourth-order valence-electron chi connectivity index (χ4n) is 2.65. The molecule has 0 aliphatic carbocycles. The number of benzene rings is 2. The molecule has 0 heterocycles. The normalized spacial score (nSPS) is 10.3. The molecule has 0 fully saturated rings. The molecule has 0 saturated carbocycles. The van der Waals surface area contributed by atoms with Gasteiger partial charge < -0.3 is 4.90 Å². The molecule has 0 aliphatic rings. The van der Waals surface area contributed by atoms with E-state index in [2.05, 4.69) is 79.4 Å². The maximum atomic E-state index is 2.47. The van der Waals surface area contributed by atoms with Crippen LogP contribution in [-0.4, -0.2) is 28.2 Å². The standard InChI is InChI=1S/C18H23NSi/c1-3-19(4-2)18(20)17(15-11-7-5-8-12-15)16-13-9-6-10-14-16/h5-14H,3-4H2,1-2,20H3. The number of hydrogen-bond acceptors (Lipinski definition) is 1. The Morgan fingerprint density at radius 3 is 1.55 bits per heavy atom. The van der Waals surface area contributed by atoms with Gasteiger partial charge >= 0.3 is 0 Å². The summed E-state index contributed by atoms with van der Waals surface area (Å²) in [6.45, 7) is 6.60. The monoisotopic (exact) mass is 281 g/mol. The third kappa shape index (κ3) is 3.20. The smallest absolute Gasteiger partial charge is 0.0599 e. The Kier molecular flexibility index (Phi) is 5.19. The molecule has 0 radical (unpaired) electrons. The Morgan fingerprint density at radius 2 is 1.20 bits per heavy atom. The van der Waals surface area contributed by atoms with Crippen molar-refractivity contribution in [1.29, 1.82) is 0 Å². The zero-order chi connectivity index (χ0) is 14.4. The molecule has 0 aromatic heterocycles. The molecule has 1 nitrogen and oxygen atoms in total. The second-order valence-corrected chi connectivity index (χ2v) is 5.81. The highest BCUT2D eigenvalue weighted by Gasteiger charge is 2.11. The molecule has 0 amide bonds. The highest BCUT2D eigenvalue weighted by Crippen LogP contribution is 2.27. The lowest BCUT2D eigenvalue weighted by Crippen LogP contribution is -2.23. The van der Waals surface area contributed by atoms with Crippen LogP contribution < -0.4 is 0 Å². The molecule has 0 aliphatic heterocycles. The van der Waals surface area contributed by atoms with Gasteiger partial charge in [0.25, 0.3) is 0 Å². The minimum atomic E-state index is 1.05. The summed E-state index contributed by atoms with van der Waals surface area (Å²) < 4.78 is 0. The summed E-state index contributed by atoms with van der Waals surface area (Å²) in [7, 11) is 1.05. The third-order valence-corrected chi connectivity index (χ3v) is 4.86. The van der Waals surface area contributed by atoms with E-state index in [-0.39, 0.29) is 0 Å². The van der Waals surface area contributed by atoms with Crippen molar-refractivity contribution in [3.8, 4) is 0 Å². The first kappa shape index (κ1) is 14.6. The summed E-state index contributed by atoms with van der Waals surface area (Å²) in [6.07, 6.45) is 0. The van der Waals surface area contributed by atoms with Crippen LogP contribution in [0.4, 0.5) is 0 Å². The van der Waals surface area contributed by atoms with Crippen LogP contribution in [0.15, 0.2) is 66.0 Å². The summed E-state index contributed by atoms with van der Waals surface area (Å²) in [5, 5.41) is 1.48. The van der Waals surface area contributed by atoms with Crippen LogP contribution in [0, 0.1) is 0 Å². The fraction of sp³-hybridized carbons (Fsp3) is 0.222. The molecule has 2 heteroatoms. The van der Waals surface area contributed by atoms with Crippen LogP contribution in [0.2, 0.25) is 0 Å². The third-order valence-electron chi connectivity index (χ3n) is 3.72. The van der Waals surface area contributed by atoms with Crippen molar-refractivity contribution in [2.24, 2.45) is 0 Å². The molecule has 104 valence electrons. The van der Waals surface area contributed by atoms with Crippen LogP contribution in [0.3, 0.4) is 0 Å². The van der Waals surface area contributed by atoms with E-state index in [0.717, 1.165) is 23.3 Å². The lowest BCUT2D eigenvalue weighted by atomic mass is 9.98. The summed E-state index contributed by atoms with van der Waals surface area (Å²) in [4.78, 5) is 2.47. The molecule has 2 aromatic carbocycles. The molecule has 0 bridgehead atoms. The molecular formula is C18H23NSi. The first-order valence-electron chi connectivity index (χ1n) is 7.34. The van der Waals surface area contributed by atoms with E-state index < -0.39 is 0 Å². The van der Waals surface area contributed by atoms with Gasteiger partial charge in [-0.25, -0.2) is 0 Å². The van der Waals surface area contributed by atoms with E-state index >= 15 is 0 Å². The van der Waals surface area contributed by atoms with Crippen LogP contribution in [0.25, 0.3) is 5.57 Å².